The minimum atomic E-state index is -0.424. The lowest BCUT2D eigenvalue weighted by atomic mass is 9.84. The number of anilines is 1. The molecule has 0 spiro atoms. The van der Waals surface area contributed by atoms with Gasteiger partial charge in [-0.3, -0.25) is 9.59 Å². The summed E-state index contributed by atoms with van der Waals surface area (Å²) < 4.78 is 0.830. The van der Waals surface area contributed by atoms with Crippen LogP contribution in [0, 0.1) is 5.92 Å². The average molecular weight is 351 g/mol. The van der Waals surface area contributed by atoms with E-state index in [4.69, 9.17) is 0 Å². The van der Waals surface area contributed by atoms with Crippen LogP contribution in [0.15, 0.2) is 22.7 Å². The molecule has 1 atom stereocenters. The fourth-order valence-corrected chi connectivity index (χ4v) is 3.62. The minimum Gasteiger partial charge on any atom is -0.340 e. The lowest BCUT2D eigenvalue weighted by Crippen LogP contribution is -2.42. The summed E-state index contributed by atoms with van der Waals surface area (Å²) in [5.74, 6) is 0.267. The third kappa shape index (κ3) is 3.28. The van der Waals surface area contributed by atoms with Gasteiger partial charge in [-0.05, 0) is 30.5 Å². The highest BCUT2D eigenvalue weighted by atomic mass is 79.9. The molecule has 2 aliphatic rings. The van der Waals surface area contributed by atoms with Gasteiger partial charge in [-0.25, -0.2) is 0 Å². The summed E-state index contributed by atoms with van der Waals surface area (Å²) in [7, 11) is 0. The Morgan fingerprint density at radius 3 is 2.67 bits per heavy atom. The Bertz CT molecular complexity index is 567. The summed E-state index contributed by atoms with van der Waals surface area (Å²) in [6.45, 7) is 0. The normalized spacial score (nSPS) is 23.0. The first kappa shape index (κ1) is 14.6. The zero-order chi connectivity index (χ0) is 14.8. The number of carbonyl (C=O) groups excluding carboxylic acids is 2. The highest BCUT2D eigenvalue weighted by molar-refractivity contribution is 9.10. The average Bonchev–Trinajstić information content (AvgIpc) is 2.59. The summed E-state index contributed by atoms with van der Waals surface area (Å²) >= 11 is 3.36. The second-order valence-electron chi connectivity index (χ2n) is 5.94. The summed E-state index contributed by atoms with van der Waals surface area (Å²) in [6, 6.07) is 4.91. The van der Waals surface area contributed by atoms with Crippen molar-refractivity contribution in [3.8, 4) is 0 Å². The van der Waals surface area contributed by atoms with Crippen LogP contribution in [0.25, 0.3) is 0 Å². The molecule has 1 saturated carbocycles. The molecular weight excluding hydrogens is 332 g/mol. The van der Waals surface area contributed by atoms with Crippen LogP contribution in [-0.4, -0.2) is 17.9 Å². The maximum Gasteiger partial charge on any atom is 0.254 e. The van der Waals surface area contributed by atoms with Crippen LogP contribution in [0.5, 0.6) is 0 Å². The Balaban J connectivity index is 1.77. The Hall–Kier alpha value is -1.36. The maximum atomic E-state index is 12.3. The fraction of sp³-hybridized carbons (Fsp3) is 0.500. The van der Waals surface area contributed by atoms with Gasteiger partial charge in [0.2, 0.25) is 5.91 Å². The first-order valence-corrected chi connectivity index (χ1v) is 8.34. The summed E-state index contributed by atoms with van der Waals surface area (Å²) in [5.41, 5.74) is 1.11. The number of benzene rings is 1. The molecule has 1 aromatic rings. The first-order valence-electron chi connectivity index (χ1n) is 7.55. The summed E-state index contributed by atoms with van der Waals surface area (Å²) in [4.78, 5) is 24.7. The van der Waals surface area contributed by atoms with Crippen molar-refractivity contribution in [1.82, 2.24) is 5.32 Å². The van der Waals surface area contributed by atoms with E-state index in [9.17, 15) is 9.59 Å². The molecule has 3 rings (SSSR count). The molecule has 21 heavy (non-hydrogen) atoms. The van der Waals surface area contributed by atoms with Gasteiger partial charge in [0.1, 0.15) is 6.04 Å². The zero-order valence-corrected chi connectivity index (χ0v) is 13.4. The standard InChI is InChI=1S/C16H19BrN2O2/c17-11-6-7-13-12(9-11)15(20)19-14(16(21)18-13)8-10-4-2-1-3-5-10/h6-7,9-10,14H,1-5,8H2,(H,18,21)(H,19,20)/t14-/m1/s1. The Labute approximate surface area is 132 Å². The molecule has 112 valence electrons. The van der Waals surface area contributed by atoms with Crippen molar-refractivity contribution in [1.29, 1.82) is 0 Å². The Kier molecular flexibility index (Phi) is 4.29. The highest BCUT2D eigenvalue weighted by Gasteiger charge is 2.30. The predicted octanol–water partition coefficient (Wildman–Crippen LogP) is 3.47. The van der Waals surface area contributed by atoms with E-state index in [0.29, 0.717) is 17.2 Å². The first-order chi connectivity index (χ1) is 10.1. The van der Waals surface area contributed by atoms with E-state index in [0.717, 1.165) is 23.7 Å². The van der Waals surface area contributed by atoms with Gasteiger partial charge < -0.3 is 10.6 Å². The van der Waals surface area contributed by atoms with Gasteiger partial charge in [0.25, 0.3) is 5.91 Å². The molecule has 4 nitrogen and oxygen atoms in total. The number of nitrogens with one attached hydrogen (secondary N) is 2. The quantitative estimate of drug-likeness (QED) is 0.857. The number of rotatable bonds is 2. The molecule has 2 N–H and O–H groups in total. The molecule has 0 saturated heterocycles. The van der Waals surface area contributed by atoms with Crippen molar-refractivity contribution in [2.75, 3.05) is 5.32 Å². The Morgan fingerprint density at radius 2 is 1.90 bits per heavy atom. The number of carbonyl (C=O) groups is 2. The van der Waals surface area contributed by atoms with E-state index in [1.54, 1.807) is 12.1 Å². The topological polar surface area (TPSA) is 58.2 Å². The van der Waals surface area contributed by atoms with Gasteiger partial charge >= 0.3 is 0 Å². The Morgan fingerprint density at radius 1 is 1.14 bits per heavy atom. The SMILES string of the molecule is O=C1N[C@H](CC2CCCCC2)C(=O)Nc2ccc(Br)cc21. The van der Waals surface area contributed by atoms with Crippen molar-refractivity contribution in [3.05, 3.63) is 28.2 Å². The molecule has 1 fully saturated rings. The number of fused-ring (bicyclic) bond motifs is 1. The van der Waals surface area contributed by atoms with Crippen LogP contribution in [0.4, 0.5) is 5.69 Å². The summed E-state index contributed by atoms with van der Waals surface area (Å²) in [5, 5.41) is 5.76. The highest BCUT2D eigenvalue weighted by Crippen LogP contribution is 2.29. The molecule has 5 heteroatoms. The van der Waals surface area contributed by atoms with Crippen LogP contribution in [0.1, 0.15) is 48.9 Å². The molecule has 1 aromatic carbocycles. The molecule has 0 radical (unpaired) electrons. The van der Waals surface area contributed by atoms with Crippen molar-refractivity contribution in [2.45, 2.75) is 44.6 Å². The molecule has 0 bridgehead atoms. The van der Waals surface area contributed by atoms with E-state index in [2.05, 4.69) is 26.6 Å². The van der Waals surface area contributed by atoms with E-state index in [1.807, 2.05) is 6.07 Å². The van der Waals surface area contributed by atoms with Crippen LogP contribution in [0.2, 0.25) is 0 Å². The maximum absolute atomic E-state index is 12.3. The van der Waals surface area contributed by atoms with Crippen molar-refractivity contribution >= 4 is 33.4 Å². The van der Waals surface area contributed by atoms with Gasteiger partial charge in [-0.1, -0.05) is 48.0 Å². The molecule has 1 aliphatic carbocycles. The van der Waals surface area contributed by atoms with Crippen molar-refractivity contribution in [2.24, 2.45) is 5.92 Å². The minimum absolute atomic E-state index is 0.102. The van der Waals surface area contributed by atoms with E-state index in [1.165, 1.54) is 19.3 Å². The van der Waals surface area contributed by atoms with E-state index >= 15 is 0 Å². The number of hydrogen-bond donors (Lipinski definition) is 2. The molecule has 0 aromatic heterocycles. The van der Waals surface area contributed by atoms with Crippen LogP contribution in [-0.2, 0) is 4.79 Å². The fourth-order valence-electron chi connectivity index (χ4n) is 3.26. The third-order valence-electron chi connectivity index (χ3n) is 4.40. The van der Waals surface area contributed by atoms with E-state index < -0.39 is 6.04 Å². The van der Waals surface area contributed by atoms with Crippen LogP contribution >= 0.6 is 15.9 Å². The second-order valence-corrected chi connectivity index (χ2v) is 6.86. The third-order valence-corrected chi connectivity index (χ3v) is 4.89. The number of halogens is 1. The van der Waals surface area contributed by atoms with Crippen LogP contribution in [0.3, 0.4) is 0 Å². The smallest absolute Gasteiger partial charge is 0.254 e. The number of hydrogen-bond acceptors (Lipinski definition) is 2. The van der Waals surface area contributed by atoms with Gasteiger partial charge in [-0.15, -0.1) is 0 Å². The van der Waals surface area contributed by atoms with Gasteiger partial charge in [0.15, 0.2) is 0 Å². The zero-order valence-electron chi connectivity index (χ0n) is 11.8. The molecule has 1 heterocycles. The predicted molar refractivity (Wildman–Crippen MR) is 85.2 cm³/mol. The largest absolute Gasteiger partial charge is 0.340 e. The molecule has 0 unspecified atom stereocenters. The van der Waals surface area contributed by atoms with Crippen LogP contribution < -0.4 is 10.6 Å². The lowest BCUT2D eigenvalue weighted by molar-refractivity contribution is -0.118. The van der Waals surface area contributed by atoms with Crippen molar-refractivity contribution < 1.29 is 9.59 Å². The number of amides is 2. The molecular formula is C16H19BrN2O2. The lowest BCUT2D eigenvalue weighted by Gasteiger charge is -2.25. The van der Waals surface area contributed by atoms with E-state index in [-0.39, 0.29) is 11.8 Å². The second kappa shape index (κ2) is 6.18. The monoisotopic (exact) mass is 350 g/mol. The molecule has 2 amide bonds. The summed E-state index contributed by atoms with van der Waals surface area (Å²) in [6.07, 6.45) is 6.84. The van der Waals surface area contributed by atoms with Gasteiger partial charge in [-0.2, -0.15) is 0 Å². The van der Waals surface area contributed by atoms with Gasteiger partial charge in [0.05, 0.1) is 11.3 Å². The van der Waals surface area contributed by atoms with Crippen molar-refractivity contribution in [3.63, 3.8) is 0 Å². The molecule has 1 aliphatic heterocycles. The van der Waals surface area contributed by atoms with Gasteiger partial charge in [0, 0.05) is 4.47 Å².